The van der Waals surface area contributed by atoms with Gasteiger partial charge in [0, 0.05) is 18.8 Å². The molecule has 1 heterocycles. The van der Waals surface area contributed by atoms with Crippen LogP contribution in [-0.4, -0.2) is 30.1 Å². The zero-order valence-corrected chi connectivity index (χ0v) is 14.4. The Hall–Kier alpha value is -2.89. The van der Waals surface area contributed by atoms with Crippen LogP contribution in [0.25, 0.3) is 0 Å². The van der Waals surface area contributed by atoms with Crippen molar-refractivity contribution in [3.05, 3.63) is 59.4 Å². The van der Waals surface area contributed by atoms with E-state index >= 15 is 0 Å². The molecule has 1 fully saturated rings. The molecule has 6 heteroatoms. The second-order valence-corrected chi connectivity index (χ2v) is 6.37. The Balaban J connectivity index is 1.85. The molecule has 5 nitrogen and oxygen atoms in total. The third-order valence-electron chi connectivity index (χ3n) is 4.55. The molecule has 0 bridgehead atoms. The van der Waals surface area contributed by atoms with Crippen molar-refractivity contribution in [2.45, 2.75) is 25.7 Å². The quantitative estimate of drug-likeness (QED) is 0.863. The number of hydrogen-bond acceptors (Lipinski definition) is 3. The number of rotatable bonds is 4. The number of benzene rings is 2. The molecule has 1 aliphatic rings. The minimum atomic E-state index is -1.05. The van der Waals surface area contributed by atoms with Gasteiger partial charge in [-0.15, -0.1) is 0 Å². The average Bonchev–Trinajstić information content (AvgIpc) is 2.91. The predicted molar refractivity (Wildman–Crippen MR) is 98.4 cm³/mol. The maximum Gasteiger partial charge on any atom is 0.337 e. The van der Waals surface area contributed by atoms with Gasteiger partial charge < -0.3 is 15.3 Å². The Kier molecular flexibility index (Phi) is 5.51. The number of nitrogens with one attached hydrogen (secondary N) is 1. The molecule has 26 heavy (non-hydrogen) atoms. The van der Waals surface area contributed by atoms with Crippen molar-refractivity contribution in [1.82, 2.24) is 0 Å². The highest BCUT2D eigenvalue weighted by molar-refractivity contribution is 6.05. The molecular formula is C20H21FN2O3. The van der Waals surface area contributed by atoms with Crippen molar-refractivity contribution in [2.75, 3.05) is 23.3 Å². The van der Waals surface area contributed by atoms with E-state index in [2.05, 4.69) is 10.2 Å². The molecule has 2 N–H and O–H groups in total. The maximum absolute atomic E-state index is 13.7. The van der Waals surface area contributed by atoms with Crippen molar-refractivity contribution in [3.63, 3.8) is 0 Å². The molecule has 0 aliphatic carbocycles. The number of hydrogen-bond donors (Lipinski definition) is 2. The molecule has 0 unspecified atom stereocenters. The second-order valence-electron chi connectivity index (χ2n) is 6.37. The highest BCUT2D eigenvalue weighted by atomic mass is 19.1. The minimum absolute atomic E-state index is 0.0824. The van der Waals surface area contributed by atoms with Crippen LogP contribution in [0.2, 0.25) is 0 Å². The van der Waals surface area contributed by atoms with E-state index in [4.69, 9.17) is 0 Å². The van der Waals surface area contributed by atoms with Crippen LogP contribution >= 0.6 is 0 Å². The van der Waals surface area contributed by atoms with Gasteiger partial charge >= 0.3 is 5.97 Å². The average molecular weight is 356 g/mol. The molecular weight excluding hydrogens is 335 g/mol. The van der Waals surface area contributed by atoms with Gasteiger partial charge in [-0.25, -0.2) is 9.18 Å². The van der Waals surface area contributed by atoms with Gasteiger partial charge in [-0.2, -0.15) is 0 Å². The molecule has 0 radical (unpaired) electrons. The molecule has 136 valence electrons. The number of nitrogens with zero attached hydrogens (tertiary/aromatic N) is 1. The molecule has 1 aliphatic heterocycles. The van der Waals surface area contributed by atoms with Crippen molar-refractivity contribution < 1.29 is 19.1 Å². The lowest BCUT2D eigenvalue weighted by atomic mass is 10.1. The topological polar surface area (TPSA) is 69.6 Å². The van der Waals surface area contributed by atoms with Gasteiger partial charge in [-0.1, -0.05) is 25.0 Å². The molecule has 1 amide bonds. The number of carboxylic acids is 1. The van der Waals surface area contributed by atoms with Crippen molar-refractivity contribution in [1.29, 1.82) is 0 Å². The van der Waals surface area contributed by atoms with Gasteiger partial charge in [0.15, 0.2) is 0 Å². The summed E-state index contributed by atoms with van der Waals surface area (Å²) in [6.45, 7) is 1.64. The first-order chi connectivity index (χ1) is 12.6. The molecule has 0 saturated carbocycles. The summed E-state index contributed by atoms with van der Waals surface area (Å²) < 4.78 is 13.7. The van der Waals surface area contributed by atoms with E-state index in [-0.39, 0.29) is 11.1 Å². The van der Waals surface area contributed by atoms with Crippen LogP contribution in [0.4, 0.5) is 15.8 Å². The first-order valence-electron chi connectivity index (χ1n) is 8.74. The fraction of sp³-hybridized carbons (Fsp3) is 0.300. The van der Waals surface area contributed by atoms with Gasteiger partial charge in [0.25, 0.3) is 5.91 Å². The van der Waals surface area contributed by atoms with Crippen LogP contribution in [0.3, 0.4) is 0 Å². The lowest BCUT2D eigenvalue weighted by Gasteiger charge is -2.24. The zero-order chi connectivity index (χ0) is 18.5. The third kappa shape index (κ3) is 4.02. The van der Waals surface area contributed by atoms with E-state index in [1.165, 1.54) is 24.3 Å². The summed E-state index contributed by atoms with van der Waals surface area (Å²) >= 11 is 0. The monoisotopic (exact) mass is 356 g/mol. The Morgan fingerprint density at radius 1 is 0.962 bits per heavy atom. The molecule has 0 atom stereocenters. The number of carboxylic acid groups (broad SMARTS) is 1. The number of halogens is 1. The van der Waals surface area contributed by atoms with Gasteiger partial charge in [0.1, 0.15) is 5.82 Å². The predicted octanol–water partition coefficient (Wildman–Crippen LogP) is 4.16. The minimum Gasteiger partial charge on any atom is -0.478 e. The van der Waals surface area contributed by atoms with E-state index < -0.39 is 17.7 Å². The maximum atomic E-state index is 13.7. The first kappa shape index (κ1) is 17.9. The largest absolute Gasteiger partial charge is 0.478 e. The Morgan fingerprint density at radius 2 is 1.65 bits per heavy atom. The fourth-order valence-electron chi connectivity index (χ4n) is 3.22. The van der Waals surface area contributed by atoms with Crippen LogP contribution in [0.15, 0.2) is 42.5 Å². The Labute approximate surface area is 151 Å². The summed E-state index contributed by atoms with van der Waals surface area (Å²) in [5.74, 6) is -2.28. The van der Waals surface area contributed by atoms with Crippen molar-refractivity contribution >= 4 is 23.3 Å². The van der Waals surface area contributed by atoms with Crippen LogP contribution in [-0.2, 0) is 0 Å². The highest BCUT2D eigenvalue weighted by Gasteiger charge is 2.19. The lowest BCUT2D eigenvalue weighted by Crippen LogP contribution is -2.26. The lowest BCUT2D eigenvalue weighted by molar-refractivity contribution is 0.0697. The van der Waals surface area contributed by atoms with E-state index in [0.29, 0.717) is 11.4 Å². The van der Waals surface area contributed by atoms with Crippen molar-refractivity contribution in [2.24, 2.45) is 0 Å². The molecule has 3 rings (SSSR count). The van der Waals surface area contributed by atoms with Gasteiger partial charge in [0.05, 0.1) is 16.8 Å². The zero-order valence-electron chi connectivity index (χ0n) is 14.4. The van der Waals surface area contributed by atoms with E-state index in [1.54, 1.807) is 18.2 Å². The van der Waals surface area contributed by atoms with Gasteiger partial charge in [-0.3, -0.25) is 4.79 Å². The van der Waals surface area contributed by atoms with E-state index in [9.17, 15) is 19.1 Å². The van der Waals surface area contributed by atoms with E-state index in [0.717, 1.165) is 38.8 Å². The normalized spacial score (nSPS) is 14.6. The summed E-state index contributed by atoms with van der Waals surface area (Å²) in [6.07, 6.45) is 4.36. The van der Waals surface area contributed by atoms with E-state index in [1.807, 2.05) is 0 Å². The van der Waals surface area contributed by atoms with Crippen LogP contribution < -0.4 is 10.2 Å². The van der Waals surface area contributed by atoms with Crippen LogP contribution in [0.1, 0.15) is 46.4 Å². The van der Waals surface area contributed by atoms with Crippen LogP contribution in [0, 0.1) is 5.82 Å². The highest BCUT2D eigenvalue weighted by Crippen LogP contribution is 2.27. The Morgan fingerprint density at radius 3 is 2.31 bits per heavy atom. The molecule has 2 aromatic carbocycles. The number of carbonyl (C=O) groups is 2. The summed E-state index contributed by atoms with van der Waals surface area (Å²) in [5, 5.41) is 12.2. The molecule has 2 aromatic rings. The molecule has 0 aromatic heterocycles. The van der Waals surface area contributed by atoms with Gasteiger partial charge in [-0.05, 0) is 43.2 Å². The van der Waals surface area contributed by atoms with Gasteiger partial charge in [0.2, 0.25) is 0 Å². The second kappa shape index (κ2) is 7.99. The Bertz CT molecular complexity index is 814. The molecule has 1 saturated heterocycles. The number of carbonyl (C=O) groups excluding carboxylic acids is 1. The number of aromatic carboxylic acids is 1. The number of amides is 1. The first-order valence-corrected chi connectivity index (χ1v) is 8.74. The smallest absolute Gasteiger partial charge is 0.337 e. The summed E-state index contributed by atoms with van der Waals surface area (Å²) in [4.78, 5) is 26.0. The summed E-state index contributed by atoms with van der Waals surface area (Å²) in [6, 6.07) is 10.5. The fourth-order valence-corrected chi connectivity index (χ4v) is 3.22. The van der Waals surface area contributed by atoms with Crippen LogP contribution in [0.5, 0.6) is 0 Å². The standard InChI is InChI=1S/C20H21FN2O3/c21-17-8-4-3-7-15(17)19(24)22-14-9-10-18(16(13-14)20(25)26)23-11-5-1-2-6-12-23/h3-4,7-10,13H,1-2,5-6,11-12H2,(H,22,24)(H,25,26). The summed E-state index contributed by atoms with van der Waals surface area (Å²) in [7, 11) is 0. The summed E-state index contributed by atoms with van der Waals surface area (Å²) in [5.41, 5.74) is 1.04. The van der Waals surface area contributed by atoms with Crippen molar-refractivity contribution in [3.8, 4) is 0 Å². The SMILES string of the molecule is O=C(Nc1ccc(N2CCCCCC2)c(C(=O)O)c1)c1ccccc1F. The molecule has 0 spiro atoms. The third-order valence-corrected chi connectivity index (χ3v) is 4.55. The number of anilines is 2.